The fourth-order valence-electron chi connectivity index (χ4n) is 1.64. The first kappa shape index (κ1) is 14.6. The summed E-state index contributed by atoms with van der Waals surface area (Å²) in [7, 11) is 0. The number of rotatable bonds is 4. The highest BCUT2D eigenvalue weighted by molar-refractivity contribution is 6.31. The van der Waals surface area contributed by atoms with Crippen molar-refractivity contribution in [3.8, 4) is 11.8 Å². The highest BCUT2D eigenvalue weighted by Gasteiger charge is 2.12. The van der Waals surface area contributed by atoms with Gasteiger partial charge in [0.25, 0.3) is 0 Å². The Balaban J connectivity index is 2.48. The van der Waals surface area contributed by atoms with Crippen molar-refractivity contribution in [3.05, 3.63) is 34.9 Å². The van der Waals surface area contributed by atoms with Gasteiger partial charge in [0.15, 0.2) is 0 Å². The van der Waals surface area contributed by atoms with Crippen LogP contribution < -0.4 is 5.32 Å². The summed E-state index contributed by atoms with van der Waals surface area (Å²) < 4.78 is 0. The zero-order valence-electron chi connectivity index (χ0n) is 10.8. The maximum absolute atomic E-state index is 11.7. The maximum Gasteiger partial charge on any atom is 0.223 e. The average Bonchev–Trinajstić information content (AvgIpc) is 2.38. The van der Waals surface area contributed by atoms with Gasteiger partial charge in [-0.15, -0.1) is 0 Å². The smallest absolute Gasteiger partial charge is 0.223 e. The Bertz CT molecular complexity index is 455. The number of benzene rings is 1. The summed E-state index contributed by atoms with van der Waals surface area (Å²) in [6.45, 7) is 4.40. The fourth-order valence-corrected chi connectivity index (χ4v) is 1.82. The summed E-state index contributed by atoms with van der Waals surface area (Å²) in [6, 6.07) is 7.41. The zero-order chi connectivity index (χ0) is 13.4. The molecule has 1 N–H and O–H groups in total. The molecule has 1 aromatic carbocycles. The molecule has 18 heavy (non-hydrogen) atoms. The molecular formula is C15H18ClNO. The number of halogens is 1. The summed E-state index contributed by atoms with van der Waals surface area (Å²) in [6.07, 6.45) is 1.72. The molecule has 2 nitrogen and oxygen atoms in total. The van der Waals surface area contributed by atoms with Crippen molar-refractivity contribution in [1.82, 2.24) is 5.32 Å². The van der Waals surface area contributed by atoms with Gasteiger partial charge in [-0.3, -0.25) is 4.79 Å². The maximum atomic E-state index is 11.7. The molecule has 1 aromatic rings. The van der Waals surface area contributed by atoms with Gasteiger partial charge in [-0.2, -0.15) is 0 Å². The lowest BCUT2D eigenvalue weighted by molar-refractivity contribution is -0.124. The molecule has 0 spiro atoms. The highest BCUT2D eigenvalue weighted by atomic mass is 35.5. The van der Waals surface area contributed by atoms with E-state index in [0.29, 0.717) is 11.6 Å². The molecule has 0 unspecified atom stereocenters. The Morgan fingerprint density at radius 2 is 2.00 bits per heavy atom. The first-order valence-electron chi connectivity index (χ1n) is 6.20. The fraction of sp³-hybridized carbons (Fsp3) is 0.400. The van der Waals surface area contributed by atoms with Crippen LogP contribution in [0.15, 0.2) is 24.3 Å². The van der Waals surface area contributed by atoms with Gasteiger partial charge in [0, 0.05) is 11.5 Å². The Morgan fingerprint density at radius 3 is 2.61 bits per heavy atom. The van der Waals surface area contributed by atoms with Crippen LogP contribution >= 0.6 is 11.6 Å². The van der Waals surface area contributed by atoms with E-state index < -0.39 is 0 Å². The SMILES string of the molecule is CCC(CC)C(=O)NCC#Cc1ccccc1Cl. The molecule has 0 aliphatic carbocycles. The summed E-state index contributed by atoms with van der Waals surface area (Å²) >= 11 is 5.97. The number of carbonyl (C=O) groups is 1. The lowest BCUT2D eigenvalue weighted by Gasteiger charge is -2.10. The molecule has 1 rings (SSSR count). The number of carbonyl (C=O) groups excluding carboxylic acids is 1. The summed E-state index contributed by atoms with van der Waals surface area (Å²) in [5, 5.41) is 3.45. The van der Waals surface area contributed by atoms with Gasteiger partial charge in [0.2, 0.25) is 5.91 Å². The Morgan fingerprint density at radius 1 is 1.33 bits per heavy atom. The molecular weight excluding hydrogens is 246 g/mol. The minimum Gasteiger partial charge on any atom is -0.345 e. The van der Waals surface area contributed by atoms with Crippen molar-refractivity contribution in [3.63, 3.8) is 0 Å². The number of nitrogens with one attached hydrogen (secondary N) is 1. The molecule has 96 valence electrons. The molecule has 0 fully saturated rings. The van der Waals surface area contributed by atoms with Crippen molar-refractivity contribution < 1.29 is 4.79 Å². The number of amides is 1. The van der Waals surface area contributed by atoms with Gasteiger partial charge in [-0.1, -0.05) is 49.4 Å². The van der Waals surface area contributed by atoms with Gasteiger partial charge in [0.05, 0.1) is 11.6 Å². The third-order valence-electron chi connectivity index (χ3n) is 2.80. The zero-order valence-corrected chi connectivity index (χ0v) is 11.6. The quantitative estimate of drug-likeness (QED) is 0.831. The number of hydrogen-bond donors (Lipinski definition) is 1. The van der Waals surface area contributed by atoms with Crippen molar-refractivity contribution >= 4 is 17.5 Å². The van der Waals surface area contributed by atoms with Crippen molar-refractivity contribution in [2.24, 2.45) is 5.92 Å². The Hall–Kier alpha value is -1.46. The van der Waals surface area contributed by atoms with Crippen LogP contribution in [0.1, 0.15) is 32.3 Å². The van der Waals surface area contributed by atoms with Crippen LogP contribution in [-0.2, 0) is 4.79 Å². The first-order chi connectivity index (χ1) is 8.69. The molecule has 0 saturated carbocycles. The second-order valence-electron chi connectivity index (χ2n) is 4.01. The third-order valence-corrected chi connectivity index (χ3v) is 3.13. The molecule has 0 atom stereocenters. The summed E-state index contributed by atoms with van der Waals surface area (Å²) in [4.78, 5) is 11.7. The molecule has 0 aliphatic rings. The normalized spacial score (nSPS) is 9.78. The van der Waals surface area contributed by atoms with E-state index >= 15 is 0 Å². The van der Waals surface area contributed by atoms with Gasteiger partial charge in [0.1, 0.15) is 0 Å². The summed E-state index contributed by atoms with van der Waals surface area (Å²) in [5.41, 5.74) is 0.788. The Kier molecular flexibility index (Phi) is 6.32. The minimum absolute atomic E-state index is 0.0773. The van der Waals surface area contributed by atoms with Gasteiger partial charge in [-0.25, -0.2) is 0 Å². The average molecular weight is 264 g/mol. The lowest BCUT2D eigenvalue weighted by atomic mass is 10.0. The topological polar surface area (TPSA) is 29.1 Å². The van der Waals surface area contributed by atoms with Crippen LogP contribution in [0.2, 0.25) is 5.02 Å². The van der Waals surface area contributed by atoms with Crippen molar-refractivity contribution in [1.29, 1.82) is 0 Å². The molecule has 0 radical (unpaired) electrons. The number of hydrogen-bond acceptors (Lipinski definition) is 1. The first-order valence-corrected chi connectivity index (χ1v) is 6.57. The van der Waals surface area contributed by atoms with E-state index in [-0.39, 0.29) is 11.8 Å². The van der Waals surface area contributed by atoms with E-state index in [1.165, 1.54) is 0 Å². The van der Waals surface area contributed by atoms with Crippen LogP contribution in [-0.4, -0.2) is 12.5 Å². The standard InChI is InChI=1S/C15H18ClNO/c1-3-12(4-2)15(18)17-11-7-9-13-8-5-6-10-14(13)16/h5-6,8,10,12H,3-4,11H2,1-2H3,(H,17,18). The molecule has 1 amide bonds. The van der Waals surface area contributed by atoms with Crippen LogP contribution in [0, 0.1) is 17.8 Å². The van der Waals surface area contributed by atoms with Crippen molar-refractivity contribution in [2.45, 2.75) is 26.7 Å². The third kappa shape index (κ3) is 4.43. The summed E-state index contributed by atoms with van der Waals surface area (Å²) in [5.74, 6) is 6.02. The second kappa shape index (κ2) is 7.79. The van der Waals surface area contributed by atoms with Crippen LogP contribution in [0.4, 0.5) is 0 Å². The van der Waals surface area contributed by atoms with E-state index in [2.05, 4.69) is 17.2 Å². The molecule has 0 aromatic heterocycles. The van der Waals surface area contributed by atoms with E-state index in [0.717, 1.165) is 18.4 Å². The highest BCUT2D eigenvalue weighted by Crippen LogP contribution is 2.12. The van der Waals surface area contributed by atoms with E-state index in [1.807, 2.05) is 32.0 Å². The Labute approximate surface area is 114 Å². The monoisotopic (exact) mass is 263 g/mol. The van der Waals surface area contributed by atoms with Gasteiger partial charge >= 0.3 is 0 Å². The van der Waals surface area contributed by atoms with Crippen LogP contribution in [0.3, 0.4) is 0 Å². The van der Waals surface area contributed by atoms with Crippen LogP contribution in [0.5, 0.6) is 0 Å². The predicted molar refractivity (Wildman–Crippen MR) is 75.4 cm³/mol. The molecule has 0 bridgehead atoms. The minimum atomic E-state index is 0.0773. The van der Waals surface area contributed by atoms with E-state index in [1.54, 1.807) is 6.07 Å². The lowest BCUT2D eigenvalue weighted by Crippen LogP contribution is -2.30. The van der Waals surface area contributed by atoms with Crippen LogP contribution in [0.25, 0.3) is 0 Å². The molecule has 0 saturated heterocycles. The predicted octanol–water partition coefficient (Wildman–Crippen LogP) is 3.24. The molecule has 3 heteroatoms. The van der Waals surface area contributed by atoms with Gasteiger partial charge < -0.3 is 5.32 Å². The molecule has 0 aliphatic heterocycles. The largest absolute Gasteiger partial charge is 0.345 e. The van der Waals surface area contributed by atoms with E-state index in [4.69, 9.17) is 11.6 Å². The van der Waals surface area contributed by atoms with E-state index in [9.17, 15) is 4.79 Å². The molecule has 0 heterocycles. The van der Waals surface area contributed by atoms with Gasteiger partial charge in [-0.05, 0) is 25.0 Å². The second-order valence-corrected chi connectivity index (χ2v) is 4.42. The van der Waals surface area contributed by atoms with Crippen molar-refractivity contribution in [2.75, 3.05) is 6.54 Å².